The highest BCUT2D eigenvalue weighted by atomic mass is 16.3. The van der Waals surface area contributed by atoms with Gasteiger partial charge in [0.1, 0.15) is 5.52 Å². The topological polar surface area (TPSA) is 91.8 Å². The molecule has 0 amide bonds. The van der Waals surface area contributed by atoms with Crippen LogP contribution in [0.2, 0.25) is 0 Å². The van der Waals surface area contributed by atoms with Crippen LogP contribution < -0.4 is 5.56 Å². The van der Waals surface area contributed by atoms with Crippen LogP contribution in [0.4, 0.5) is 0 Å². The van der Waals surface area contributed by atoms with Gasteiger partial charge in [0.25, 0.3) is 5.56 Å². The predicted molar refractivity (Wildman–Crippen MR) is 109 cm³/mol. The Labute approximate surface area is 166 Å². The number of aliphatic hydroxyl groups is 1. The molecule has 1 aromatic carbocycles. The second-order valence-corrected chi connectivity index (χ2v) is 7.01. The molecule has 3 heterocycles. The van der Waals surface area contributed by atoms with E-state index in [0.29, 0.717) is 28.8 Å². The zero-order valence-electron chi connectivity index (χ0n) is 15.4. The molecule has 29 heavy (non-hydrogen) atoms. The number of aromatic nitrogens is 4. The smallest absolute Gasteiger partial charge is 0.274 e. The van der Waals surface area contributed by atoms with Crippen molar-refractivity contribution in [3.8, 4) is 23.2 Å². The standard InChI is InChI=1S/C23H16N4O2/c28-22-19-18(8-12-25-22)14-26-21(27-19)17-4-1-3-15(13-17)6-9-23(29)10-7-16-5-2-11-24-20(16)23/h1-5,8,11-14,29H,7,10H2,(H,25,28)/t23-/m0/s1. The second-order valence-electron chi connectivity index (χ2n) is 7.01. The van der Waals surface area contributed by atoms with E-state index in [1.165, 1.54) is 0 Å². The van der Waals surface area contributed by atoms with E-state index >= 15 is 0 Å². The second kappa shape index (κ2) is 6.66. The lowest BCUT2D eigenvalue weighted by Gasteiger charge is -2.15. The molecule has 0 bridgehead atoms. The molecule has 0 unspecified atom stereocenters. The van der Waals surface area contributed by atoms with Crippen LogP contribution in [0.25, 0.3) is 22.3 Å². The Morgan fingerprint density at radius 3 is 3.00 bits per heavy atom. The third-order valence-electron chi connectivity index (χ3n) is 5.08. The molecular weight excluding hydrogens is 364 g/mol. The van der Waals surface area contributed by atoms with Crippen LogP contribution in [0.15, 0.2) is 65.8 Å². The van der Waals surface area contributed by atoms with Crippen LogP contribution in [-0.4, -0.2) is 25.0 Å². The summed E-state index contributed by atoms with van der Waals surface area (Å²) >= 11 is 0. The van der Waals surface area contributed by atoms with Crippen LogP contribution >= 0.6 is 0 Å². The van der Waals surface area contributed by atoms with Gasteiger partial charge in [-0.25, -0.2) is 9.97 Å². The Morgan fingerprint density at radius 1 is 1.14 bits per heavy atom. The summed E-state index contributed by atoms with van der Waals surface area (Å²) in [4.78, 5) is 27.7. The van der Waals surface area contributed by atoms with Gasteiger partial charge in [-0.2, -0.15) is 0 Å². The summed E-state index contributed by atoms with van der Waals surface area (Å²) in [5.41, 5.74) is 2.01. The Hall–Kier alpha value is -3.82. The van der Waals surface area contributed by atoms with Crippen molar-refractivity contribution in [1.29, 1.82) is 0 Å². The predicted octanol–water partition coefficient (Wildman–Crippen LogP) is 2.57. The molecule has 2 N–H and O–H groups in total. The number of hydrogen-bond acceptors (Lipinski definition) is 5. The maximum Gasteiger partial charge on any atom is 0.274 e. The molecule has 1 aliphatic carbocycles. The molecule has 1 atom stereocenters. The minimum absolute atomic E-state index is 0.253. The van der Waals surface area contributed by atoms with Crippen molar-refractivity contribution in [2.24, 2.45) is 0 Å². The molecule has 0 aliphatic heterocycles. The summed E-state index contributed by atoms with van der Waals surface area (Å²) < 4.78 is 0. The van der Waals surface area contributed by atoms with Gasteiger partial charge >= 0.3 is 0 Å². The van der Waals surface area contributed by atoms with Gasteiger partial charge in [0.15, 0.2) is 11.4 Å². The first kappa shape index (κ1) is 17.3. The highest BCUT2D eigenvalue weighted by Gasteiger charge is 2.36. The van der Waals surface area contributed by atoms with E-state index in [0.717, 1.165) is 23.1 Å². The molecule has 3 aromatic heterocycles. The number of rotatable bonds is 1. The van der Waals surface area contributed by atoms with Gasteiger partial charge in [-0.05, 0) is 42.7 Å². The lowest BCUT2D eigenvalue weighted by molar-refractivity contribution is 0.0982. The van der Waals surface area contributed by atoms with Crippen LogP contribution in [0.3, 0.4) is 0 Å². The van der Waals surface area contributed by atoms with Crippen LogP contribution in [0.1, 0.15) is 23.2 Å². The lowest BCUT2D eigenvalue weighted by atomic mass is 10.0. The summed E-state index contributed by atoms with van der Waals surface area (Å²) in [6.07, 6.45) is 6.17. The van der Waals surface area contributed by atoms with Crippen molar-refractivity contribution in [2.45, 2.75) is 18.4 Å². The largest absolute Gasteiger partial charge is 0.372 e. The summed E-state index contributed by atoms with van der Waals surface area (Å²) in [7, 11) is 0. The fraction of sp³-hybridized carbons (Fsp3) is 0.130. The number of fused-ring (bicyclic) bond motifs is 2. The molecule has 0 saturated heterocycles. The first-order valence-electron chi connectivity index (χ1n) is 9.27. The van der Waals surface area contributed by atoms with Gasteiger partial charge < -0.3 is 10.1 Å². The third-order valence-corrected chi connectivity index (χ3v) is 5.08. The van der Waals surface area contributed by atoms with E-state index in [4.69, 9.17) is 0 Å². The molecule has 0 saturated carbocycles. The normalized spacial score (nSPS) is 17.6. The van der Waals surface area contributed by atoms with Gasteiger partial charge in [0.05, 0.1) is 5.69 Å². The van der Waals surface area contributed by atoms with Crippen molar-refractivity contribution in [2.75, 3.05) is 0 Å². The van der Waals surface area contributed by atoms with E-state index in [1.807, 2.05) is 36.4 Å². The number of nitrogens with one attached hydrogen (secondary N) is 1. The molecule has 5 rings (SSSR count). The average molecular weight is 380 g/mol. The van der Waals surface area contributed by atoms with Crippen LogP contribution in [-0.2, 0) is 12.0 Å². The van der Waals surface area contributed by atoms with Gasteiger partial charge in [-0.15, -0.1) is 0 Å². The molecule has 6 heteroatoms. The zero-order valence-corrected chi connectivity index (χ0v) is 15.4. The van der Waals surface area contributed by atoms with Crippen molar-refractivity contribution in [1.82, 2.24) is 19.9 Å². The monoisotopic (exact) mass is 380 g/mol. The minimum Gasteiger partial charge on any atom is -0.372 e. The molecule has 4 aromatic rings. The number of aryl methyl sites for hydroxylation is 1. The fourth-order valence-corrected chi connectivity index (χ4v) is 3.59. The van der Waals surface area contributed by atoms with Crippen molar-refractivity contribution in [3.05, 3.63) is 88.2 Å². The molecule has 0 fully saturated rings. The van der Waals surface area contributed by atoms with E-state index in [1.54, 1.807) is 24.7 Å². The minimum atomic E-state index is -1.24. The van der Waals surface area contributed by atoms with E-state index in [2.05, 4.69) is 31.8 Å². The van der Waals surface area contributed by atoms with Gasteiger partial charge in [0.2, 0.25) is 0 Å². The van der Waals surface area contributed by atoms with Gasteiger partial charge in [-0.1, -0.05) is 30.0 Å². The molecule has 1 aliphatic rings. The quantitative estimate of drug-likeness (QED) is 0.495. The van der Waals surface area contributed by atoms with E-state index < -0.39 is 5.60 Å². The first-order valence-corrected chi connectivity index (χ1v) is 9.27. The van der Waals surface area contributed by atoms with Gasteiger partial charge in [-0.3, -0.25) is 9.78 Å². The van der Waals surface area contributed by atoms with Gasteiger partial charge in [0, 0.05) is 35.1 Å². The van der Waals surface area contributed by atoms with E-state index in [9.17, 15) is 9.90 Å². The number of nitrogens with zero attached hydrogens (tertiary/aromatic N) is 3. The number of pyridine rings is 2. The molecule has 0 radical (unpaired) electrons. The fourth-order valence-electron chi connectivity index (χ4n) is 3.59. The number of hydrogen-bond donors (Lipinski definition) is 2. The Morgan fingerprint density at radius 2 is 2.07 bits per heavy atom. The average Bonchev–Trinajstić information content (AvgIpc) is 3.10. The maximum atomic E-state index is 12.0. The molecular formula is C23H16N4O2. The van der Waals surface area contributed by atoms with Crippen LogP contribution in [0, 0.1) is 11.8 Å². The van der Waals surface area contributed by atoms with Crippen LogP contribution in [0.5, 0.6) is 0 Å². The summed E-state index contributed by atoms with van der Waals surface area (Å²) in [5.74, 6) is 6.51. The highest BCUT2D eigenvalue weighted by Crippen LogP contribution is 2.34. The summed E-state index contributed by atoms with van der Waals surface area (Å²) in [5, 5.41) is 11.6. The third kappa shape index (κ3) is 3.08. The van der Waals surface area contributed by atoms with Crippen molar-refractivity contribution >= 4 is 10.9 Å². The number of benzene rings is 1. The van der Waals surface area contributed by atoms with Crippen molar-refractivity contribution < 1.29 is 5.11 Å². The Bertz CT molecular complexity index is 1370. The summed E-state index contributed by atoms with van der Waals surface area (Å²) in [6.45, 7) is 0. The molecule has 6 nitrogen and oxygen atoms in total. The van der Waals surface area contributed by atoms with E-state index in [-0.39, 0.29) is 5.56 Å². The van der Waals surface area contributed by atoms with Crippen molar-refractivity contribution in [3.63, 3.8) is 0 Å². The molecule has 0 spiro atoms. The highest BCUT2D eigenvalue weighted by molar-refractivity contribution is 5.78. The summed E-state index contributed by atoms with van der Waals surface area (Å²) in [6, 6.07) is 13.0. The lowest BCUT2D eigenvalue weighted by Crippen LogP contribution is -2.20. The Balaban J connectivity index is 1.52. The zero-order chi connectivity index (χ0) is 19.8. The number of aromatic amines is 1. The Kier molecular flexibility index (Phi) is 3.97. The SMILES string of the molecule is O=c1[nH]ccc2cnc(-c3cccc(C#C[C@]4(O)CCc5cccnc54)c3)nc12. The number of H-pyrrole nitrogens is 1. The first-order chi connectivity index (χ1) is 14.1. The maximum absolute atomic E-state index is 12.0. The molecule has 140 valence electrons.